The zero-order valence-corrected chi connectivity index (χ0v) is 13.1. The summed E-state index contributed by atoms with van der Waals surface area (Å²) in [7, 11) is 1.39. The maximum atomic E-state index is 13.3. The van der Waals surface area contributed by atoms with Crippen LogP contribution in [0.15, 0.2) is 12.1 Å². The Hall–Kier alpha value is -1.21. The normalized spacial score (nSPS) is 12.4. The monoisotopic (exact) mass is 304 g/mol. The molecule has 118 valence electrons. The maximum absolute atomic E-state index is 13.3. The van der Waals surface area contributed by atoms with Gasteiger partial charge in [-0.15, -0.1) is 0 Å². The highest BCUT2D eigenvalue weighted by Crippen LogP contribution is 2.41. The Balaban J connectivity index is 3.42. The molecule has 21 heavy (non-hydrogen) atoms. The number of alkyl halides is 3. The van der Waals surface area contributed by atoms with E-state index < -0.39 is 24.5 Å². The minimum Gasteiger partial charge on any atom is -0.511 e. The molecular weight excluding hydrogens is 284 g/mol. The van der Waals surface area contributed by atoms with Crippen LogP contribution in [0.2, 0.25) is 0 Å². The molecule has 0 fully saturated rings. The molecule has 0 atom stereocenters. The van der Waals surface area contributed by atoms with Crippen molar-refractivity contribution in [2.24, 2.45) is 0 Å². The molecular formula is C14H20BF3O3. The molecule has 0 unspecified atom stereocenters. The molecule has 0 heterocycles. The van der Waals surface area contributed by atoms with Gasteiger partial charge in [-0.2, -0.15) is 13.2 Å². The third kappa shape index (κ3) is 4.38. The molecule has 0 saturated carbocycles. The summed E-state index contributed by atoms with van der Waals surface area (Å²) in [5.41, 5.74) is -0.253. The summed E-state index contributed by atoms with van der Waals surface area (Å²) in [6.07, 6.45) is -4.52. The molecule has 7 heteroatoms. The van der Waals surface area contributed by atoms with Crippen molar-refractivity contribution in [1.82, 2.24) is 0 Å². The molecule has 0 N–H and O–H groups in total. The van der Waals surface area contributed by atoms with Crippen LogP contribution in [0.25, 0.3) is 0 Å². The lowest BCUT2D eigenvalue weighted by molar-refractivity contribution is -0.138. The molecule has 1 rings (SSSR count). The topological polar surface area (TPSA) is 27.7 Å². The fourth-order valence-corrected chi connectivity index (χ4v) is 1.86. The summed E-state index contributed by atoms with van der Waals surface area (Å²) in [6.45, 7) is 7.14. The average Bonchev–Trinajstić information content (AvgIpc) is 2.34. The first-order chi connectivity index (χ1) is 9.50. The number of hydrogen-bond acceptors (Lipinski definition) is 3. The predicted octanol–water partition coefficient (Wildman–Crippen LogP) is 3.97. The van der Waals surface area contributed by atoms with E-state index in [9.17, 15) is 13.2 Å². The molecule has 1 aromatic carbocycles. The lowest BCUT2D eigenvalue weighted by Gasteiger charge is -2.24. The first-order valence-electron chi connectivity index (χ1n) is 6.45. The summed E-state index contributed by atoms with van der Waals surface area (Å²) in [5.74, 6) is -0.274. The number of halogens is 3. The molecule has 0 radical (unpaired) electrons. The zero-order valence-electron chi connectivity index (χ0n) is 13.1. The third-order valence-corrected chi connectivity index (χ3v) is 3.05. The smallest absolute Gasteiger partial charge is 0.511 e. The highest BCUT2D eigenvalue weighted by Gasteiger charge is 2.38. The van der Waals surface area contributed by atoms with Crippen molar-refractivity contribution in [1.29, 1.82) is 0 Å². The Labute approximate surface area is 123 Å². The van der Waals surface area contributed by atoms with Crippen molar-refractivity contribution in [3.05, 3.63) is 28.8 Å². The maximum Gasteiger partial charge on any atom is 0.712 e. The number of hydrogen-bond donors (Lipinski definition) is 0. The van der Waals surface area contributed by atoms with Crippen LogP contribution in [0.3, 0.4) is 0 Å². The van der Waals surface area contributed by atoms with Crippen molar-refractivity contribution in [2.45, 2.75) is 39.3 Å². The van der Waals surface area contributed by atoms with Crippen LogP contribution in [-0.4, -0.2) is 21.5 Å². The highest BCUT2D eigenvalue weighted by atomic mass is 19.4. The Morgan fingerprint density at radius 2 is 1.52 bits per heavy atom. The number of benzene rings is 1. The van der Waals surface area contributed by atoms with Gasteiger partial charge in [0.15, 0.2) is 0 Å². The van der Waals surface area contributed by atoms with Crippen molar-refractivity contribution in [3.63, 3.8) is 0 Å². The van der Waals surface area contributed by atoms with E-state index >= 15 is 0 Å². The first kappa shape index (κ1) is 17.8. The molecule has 1 aromatic rings. The van der Waals surface area contributed by atoms with Gasteiger partial charge in [0.05, 0.1) is 5.56 Å². The Kier molecular flexibility index (Phi) is 5.33. The van der Waals surface area contributed by atoms with Crippen molar-refractivity contribution < 1.29 is 27.1 Å². The van der Waals surface area contributed by atoms with E-state index in [-0.39, 0.29) is 5.75 Å². The van der Waals surface area contributed by atoms with Gasteiger partial charge in [-0.1, -0.05) is 26.8 Å². The van der Waals surface area contributed by atoms with Crippen molar-refractivity contribution in [3.8, 4) is 5.75 Å². The van der Waals surface area contributed by atoms with Gasteiger partial charge in [-0.25, -0.2) is 0 Å². The summed E-state index contributed by atoms with van der Waals surface area (Å²) >= 11 is 0. The lowest BCUT2D eigenvalue weighted by atomic mass is 9.84. The lowest BCUT2D eigenvalue weighted by Crippen LogP contribution is -2.29. The van der Waals surface area contributed by atoms with E-state index in [0.717, 1.165) is 6.07 Å². The summed E-state index contributed by atoms with van der Waals surface area (Å²) in [5, 5.41) is 0. The van der Waals surface area contributed by atoms with Gasteiger partial charge in [-0.3, -0.25) is 0 Å². The Bertz CT molecular complexity index is 491. The van der Waals surface area contributed by atoms with Gasteiger partial charge in [0.1, 0.15) is 5.75 Å². The molecule has 0 bridgehead atoms. The van der Waals surface area contributed by atoms with E-state index in [1.807, 2.05) is 20.8 Å². The van der Waals surface area contributed by atoms with Crippen molar-refractivity contribution in [2.75, 3.05) is 14.2 Å². The summed E-state index contributed by atoms with van der Waals surface area (Å²) in [6, 6.07) is 2.80. The standard InChI is InChI=1S/C14H20BF3O3/c1-9-7-10(13(2,3)4)8-11(14(16,17)18)12(9)21-15(19-5)20-6/h7-8H,1-6H3. The first-order valence-corrected chi connectivity index (χ1v) is 6.45. The van der Waals surface area contributed by atoms with E-state index in [4.69, 9.17) is 14.0 Å². The summed E-state index contributed by atoms with van der Waals surface area (Å²) < 4.78 is 54.7. The molecule has 0 aliphatic rings. The fraction of sp³-hybridized carbons (Fsp3) is 0.571. The van der Waals surface area contributed by atoms with Crippen molar-refractivity contribution >= 4 is 7.32 Å². The van der Waals surface area contributed by atoms with Gasteiger partial charge >= 0.3 is 13.5 Å². The average molecular weight is 304 g/mol. The third-order valence-electron chi connectivity index (χ3n) is 3.05. The molecule has 0 aromatic heterocycles. The fourth-order valence-electron chi connectivity index (χ4n) is 1.86. The minimum atomic E-state index is -4.52. The Morgan fingerprint density at radius 1 is 1.00 bits per heavy atom. The van der Waals surface area contributed by atoms with Crippen LogP contribution < -0.4 is 4.65 Å². The second-order valence-corrected chi connectivity index (χ2v) is 5.80. The quantitative estimate of drug-likeness (QED) is 0.788. The molecule has 0 aliphatic carbocycles. The molecule has 0 amide bonds. The van der Waals surface area contributed by atoms with Gasteiger partial charge in [0, 0.05) is 14.2 Å². The van der Waals surface area contributed by atoms with E-state index in [2.05, 4.69) is 0 Å². The molecule has 0 aliphatic heterocycles. The SMILES string of the molecule is COB(OC)Oc1c(C)cc(C(C)(C)C)cc1C(F)(F)F. The minimum absolute atomic E-state index is 0.274. The van der Waals surface area contributed by atoms with Crippen LogP contribution in [-0.2, 0) is 20.9 Å². The highest BCUT2D eigenvalue weighted by molar-refractivity contribution is 6.37. The number of aryl methyl sites for hydroxylation is 1. The molecule has 3 nitrogen and oxygen atoms in total. The van der Waals surface area contributed by atoms with E-state index in [1.165, 1.54) is 14.2 Å². The van der Waals surface area contributed by atoms with Gasteiger partial charge in [0.25, 0.3) is 0 Å². The predicted molar refractivity (Wildman–Crippen MR) is 75.3 cm³/mol. The van der Waals surface area contributed by atoms with Crippen LogP contribution in [0.4, 0.5) is 13.2 Å². The van der Waals surface area contributed by atoms with Crippen LogP contribution in [0, 0.1) is 6.92 Å². The molecule has 0 saturated heterocycles. The summed E-state index contributed by atoms with van der Waals surface area (Å²) in [4.78, 5) is 0. The second kappa shape index (κ2) is 6.28. The van der Waals surface area contributed by atoms with Crippen LogP contribution in [0.5, 0.6) is 5.75 Å². The number of rotatable bonds is 4. The van der Waals surface area contributed by atoms with E-state index in [0.29, 0.717) is 11.1 Å². The van der Waals surface area contributed by atoms with Crippen LogP contribution >= 0.6 is 0 Å². The zero-order chi connectivity index (χ0) is 16.4. The van der Waals surface area contributed by atoms with Gasteiger partial charge < -0.3 is 14.0 Å². The van der Waals surface area contributed by atoms with Gasteiger partial charge in [0.2, 0.25) is 0 Å². The van der Waals surface area contributed by atoms with Crippen LogP contribution in [0.1, 0.15) is 37.5 Å². The molecule has 0 spiro atoms. The van der Waals surface area contributed by atoms with E-state index in [1.54, 1.807) is 13.0 Å². The largest absolute Gasteiger partial charge is 0.712 e. The Morgan fingerprint density at radius 3 is 1.90 bits per heavy atom. The second-order valence-electron chi connectivity index (χ2n) is 5.80. The van der Waals surface area contributed by atoms with Gasteiger partial charge in [-0.05, 0) is 29.5 Å².